The first kappa shape index (κ1) is 16.8. The minimum Gasteiger partial charge on any atom is -0.359 e. The van der Waals surface area contributed by atoms with E-state index in [-0.39, 0.29) is 11.5 Å². The lowest BCUT2D eigenvalue weighted by atomic mass is 10.1. The van der Waals surface area contributed by atoms with Crippen LogP contribution in [-0.2, 0) is 0 Å². The fraction of sp³-hybridized carbons (Fsp3) is 0.105. The number of anilines is 2. The van der Waals surface area contributed by atoms with Crippen LogP contribution in [-0.4, -0.2) is 5.91 Å². The number of allylic oxidation sites excluding steroid dienone is 1. The number of benzene rings is 2. The van der Waals surface area contributed by atoms with Crippen LogP contribution in [0.15, 0.2) is 54.2 Å². The molecule has 0 unspecified atom stereocenters. The Morgan fingerprint density at radius 1 is 1.04 bits per heavy atom. The van der Waals surface area contributed by atoms with Crippen molar-refractivity contribution in [3.8, 4) is 12.1 Å². The van der Waals surface area contributed by atoms with Crippen molar-refractivity contribution >= 4 is 17.3 Å². The Hall–Kier alpha value is -3.57. The molecule has 2 rings (SSSR count). The van der Waals surface area contributed by atoms with Gasteiger partial charge in [-0.3, -0.25) is 4.79 Å². The molecule has 0 aliphatic rings. The number of amides is 1. The number of rotatable bonds is 4. The molecule has 1 amide bonds. The third kappa shape index (κ3) is 4.22. The first-order valence-electron chi connectivity index (χ1n) is 7.29. The summed E-state index contributed by atoms with van der Waals surface area (Å²) in [6.45, 7) is 3.93. The number of nitrogens with zero attached hydrogens (tertiary/aromatic N) is 2. The summed E-state index contributed by atoms with van der Waals surface area (Å²) in [7, 11) is 0. The Morgan fingerprint density at radius 3 is 2.29 bits per heavy atom. The molecule has 0 heterocycles. The summed E-state index contributed by atoms with van der Waals surface area (Å²) in [4.78, 5) is 12.5. The molecule has 2 N–H and O–H groups in total. The standard InChI is InChI=1S/C19H16N4O/c1-13-7-14(2)9-16(8-13)23-19(24)17-5-3-4-6-18(17)22-12-15(10-20)11-21/h3-9,12,22H,1-2H3,(H,23,24). The van der Waals surface area contributed by atoms with Gasteiger partial charge in [0.15, 0.2) is 0 Å². The highest BCUT2D eigenvalue weighted by atomic mass is 16.1. The number of carbonyl (C=O) groups is 1. The molecular weight excluding hydrogens is 300 g/mol. The summed E-state index contributed by atoms with van der Waals surface area (Å²) in [6.07, 6.45) is 1.28. The van der Waals surface area contributed by atoms with Gasteiger partial charge in [-0.1, -0.05) is 18.2 Å². The van der Waals surface area contributed by atoms with Crippen molar-refractivity contribution in [2.24, 2.45) is 0 Å². The normalized spacial score (nSPS) is 9.33. The summed E-state index contributed by atoms with van der Waals surface area (Å²) in [5.41, 5.74) is 3.71. The average Bonchev–Trinajstić information content (AvgIpc) is 2.55. The smallest absolute Gasteiger partial charge is 0.257 e. The Morgan fingerprint density at radius 2 is 1.67 bits per heavy atom. The van der Waals surface area contributed by atoms with Crippen LogP contribution in [0.4, 0.5) is 11.4 Å². The van der Waals surface area contributed by atoms with E-state index < -0.39 is 0 Å². The highest BCUT2D eigenvalue weighted by Crippen LogP contribution is 2.19. The first-order valence-corrected chi connectivity index (χ1v) is 7.29. The molecule has 0 atom stereocenters. The van der Waals surface area contributed by atoms with Gasteiger partial charge in [0.05, 0.1) is 11.3 Å². The second kappa shape index (κ2) is 7.62. The van der Waals surface area contributed by atoms with Crippen LogP contribution in [0.5, 0.6) is 0 Å². The molecule has 0 aliphatic carbocycles. The van der Waals surface area contributed by atoms with Crippen LogP contribution < -0.4 is 10.6 Å². The number of carbonyl (C=O) groups excluding carboxylic acids is 1. The van der Waals surface area contributed by atoms with Crippen molar-refractivity contribution in [3.63, 3.8) is 0 Å². The Labute approximate surface area is 140 Å². The Bertz CT molecular complexity index is 849. The lowest BCUT2D eigenvalue weighted by molar-refractivity contribution is 0.102. The Kier molecular flexibility index (Phi) is 5.33. The van der Waals surface area contributed by atoms with Crippen LogP contribution >= 0.6 is 0 Å². The molecule has 0 radical (unpaired) electrons. The fourth-order valence-corrected chi connectivity index (χ4v) is 2.29. The second-order valence-electron chi connectivity index (χ2n) is 5.30. The highest BCUT2D eigenvalue weighted by Gasteiger charge is 2.11. The topological polar surface area (TPSA) is 88.7 Å². The minimum absolute atomic E-state index is 0.0699. The van der Waals surface area contributed by atoms with Crippen LogP contribution in [0.25, 0.3) is 0 Å². The average molecular weight is 316 g/mol. The number of para-hydroxylation sites is 1. The van der Waals surface area contributed by atoms with Gasteiger partial charge in [0.2, 0.25) is 0 Å². The van der Waals surface area contributed by atoms with E-state index >= 15 is 0 Å². The Balaban J connectivity index is 2.26. The lowest BCUT2D eigenvalue weighted by Gasteiger charge is -2.11. The van der Waals surface area contributed by atoms with E-state index in [0.29, 0.717) is 11.3 Å². The highest BCUT2D eigenvalue weighted by molar-refractivity contribution is 6.08. The molecule has 0 bridgehead atoms. The van der Waals surface area contributed by atoms with Crippen molar-refractivity contribution < 1.29 is 4.79 Å². The zero-order valence-corrected chi connectivity index (χ0v) is 13.4. The second-order valence-corrected chi connectivity index (χ2v) is 5.30. The zero-order valence-electron chi connectivity index (χ0n) is 13.4. The van der Waals surface area contributed by atoms with Crippen LogP contribution in [0.3, 0.4) is 0 Å². The van der Waals surface area contributed by atoms with Gasteiger partial charge in [-0.15, -0.1) is 0 Å². The van der Waals surface area contributed by atoms with Crippen molar-refractivity contribution in [1.82, 2.24) is 0 Å². The summed E-state index contributed by atoms with van der Waals surface area (Å²) in [5, 5.41) is 23.2. The molecule has 2 aromatic carbocycles. The molecule has 2 aromatic rings. The van der Waals surface area contributed by atoms with E-state index in [1.54, 1.807) is 36.4 Å². The largest absolute Gasteiger partial charge is 0.359 e. The molecular formula is C19H16N4O. The number of nitrogens with one attached hydrogen (secondary N) is 2. The zero-order chi connectivity index (χ0) is 17.5. The van der Waals surface area contributed by atoms with Crippen molar-refractivity contribution in [3.05, 3.63) is 70.9 Å². The fourth-order valence-electron chi connectivity index (χ4n) is 2.29. The molecule has 5 heteroatoms. The summed E-state index contributed by atoms with van der Waals surface area (Å²) in [6, 6.07) is 16.2. The summed E-state index contributed by atoms with van der Waals surface area (Å²) >= 11 is 0. The number of nitriles is 2. The van der Waals surface area contributed by atoms with E-state index in [4.69, 9.17) is 10.5 Å². The van der Waals surface area contributed by atoms with Crippen molar-refractivity contribution in [2.45, 2.75) is 13.8 Å². The van der Waals surface area contributed by atoms with Gasteiger partial charge < -0.3 is 10.6 Å². The molecule has 0 spiro atoms. The van der Waals surface area contributed by atoms with E-state index in [1.807, 2.05) is 32.0 Å². The molecule has 0 aromatic heterocycles. The number of hydrogen-bond donors (Lipinski definition) is 2. The van der Waals surface area contributed by atoms with Gasteiger partial charge in [0, 0.05) is 11.9 Å². The third-order valence-electron chi connectivity index (χ3n) is 3.26. The maximum Gasteiger partial charge on any atom is 0.257 e. The van der Waals surface area contributed by atoms with Gasteiger partial charge >= 0.3 is 0 Å². The quantitative estimate of drug-likeness (QED) is 0.837. The van der Waals surface area contributed by atoms with E-state index in [2.05, 4.69) is 10.6 Å². The van der Waals surface area contributed by atoms with Crippen molar-refractivity contribution in [2.75, 3.05) is 10.6 Å². The number of hydrogen-bond acceptors (Lipinski definition) is 4. The summed E-state index contributed by atoms with van der Waals surface area (Å²) < 4.78 is 0. The number of aryl methyl sites for hydroxylation is 2. The van der Waals surface area contributed by atoms with Crippen molar-refractivity contribution in [1.29, 1.82) is 10.5 Å². The predicted octanol–water partition coefficient (Wildman–Crippen LogP) is 3.90. The van der Waals surface area contributed by atoms with Crippen LogP contribution in [0.1, 0.15) is 21.5 Å². The maximum absolute atomic E-state index is 12.5. The summed E-state index contributed by atoms with van der Waals surface area (Å²) in [5.74, 6) is -0.271. The molecule has 0 fully saturated rings. The van der Waals surface area contributed by atoms with E-state index in [9.17, 15) is 4.79 Å². The van der Waals surface area contributed by atoms with Gasteiger partial charge in [-0.2, -0.15) is 10.5 Å². The molecule has 5 nitrogen and oxygen atoms in total. The third-order valence-corrected chi connectivity index (χ3v) is 3.26. The molecule has 0 aliphatic heterocycles. The molecule has 118 valence electrons. The van der Waals surface area contributed by atoms with Gasteiger partial charge in [-0.05, 0) is 49.2 Å². The van der Waals surface area contributed by atoms with Gasteiger partial charge in [0.25, 0.3) is 5.91 Å². The molecule has 0 saturated carbocycles. The predicted molar refractivity (Wildman–Crippen MR) is 93.2 cm³/mol. The lowest BCUT2D eigenvalue weighted by Crippen LogP contribution is -2.14. The maximum atomic E-state index is 12.5. The van der Waals surface area contributed by atoms with E-state index in [1.165, 1.54) is 6.20 Å². The molecule has 24 heavy (non-hydrogen) atoms. The SMILES string of the molecule is Cc1cc(C)cc(NC(=O)c2ccccc2NC=C(C#N)C#N)c1. The van der Waals surface area contributed by atoms with Crippen LogP contribution in [0, 0.1) is 36.5 Å². The first-order chi connectivity index (χ1) is 11.5. The monoisotopic (exact) mass is 316 g/mol. The minimum atomic E-state index is -0.271. The van der Waals surface area contributed by atoms with E-state index in [0.717, 1.165) is 16.8 Å². The van der Waals surface area contributed by atoms with Gasteiger partial charge in [0.1, 0.15) is 17.7 Å². The van der Waals surface area contributed by atoms with Crippen LogP contribution in [0.2, 0.25) is 0 Å². The van der Waals surface area contributed by atoms with Gasteiger partial charge in [-0.25, -0.2) is 0 Å². The molecule has 0 saturated heterocycles.